The van der Waals surface area contributed by atoms with Crippen molar-refractivity contribution in [1.82, 2.24) is 9.78 Å². The molecule has 1 saturated heterocycles. The van der Waals surface area contributed by atoms with E-state index >= 15 is 0 Å². The number of hydrogen-bond donors (Lipinski definition) is 0. The molecule has 2 heterocycles. The van der Waals surface area contributed by atoms with Gasteiger partial charge in [-0.15, -0.1) is 5.23 Å². The van der Waals surface area contributed by atoms with E-state index < -0.39 is 17.8 Å². The number of alkyl halides is 2. The maximum absolute atomic E-state index is 12.4. The minimum atomic E-state index is -2.67. The topological polar surface area (TPSA) is 39.5 Å². The van der Waals surface area contributed by atoms with E-state index in [1.165, 1.54) is 12.4 Å². The van der Waals surface area contributed by atoms with Gasteiger partial charge in [-0.05, 0) is 27.7 Å². The second-order valence-electron chi connectivity index (χ2n) is 4.92. The summed E-state index contributed by atoms with van der Waals surface area (Å²) in [6, 6.07) is 0. The Bertz CT molecular complexity index is 401. The van der Waals surface area contributed by atoms with Crippen LogP contribution >= 0.6 is 0 Å². The van der Waals surface area contributed by atoms with Crippen LogP contribution in [0.4, 0.5) is 14.5 Å². The van der Waals surface area contributed by atoms with E-state index in [-0.39, 0.29) is 0 Å². The van der Waals surface area contributed by atoms with Gasteiger partial charge in [0, 0.05) is 0 Å². The standard InChI is InChI=1S/C10H15F2N3O2/c1-9(2)10(3,4)17-15(16-9)7-5-13-14(6-7)8(11)12/h5-6,8H,1-4H3. The molecule has 0 amide bonds. The second kappa shape index (κ2) is 3.64. The van der Waals surface area contributed by atoms with E-state index in [2.05, 4.69) is 5.10 Å². The minimum absolute atomic E-state index is 0.337. The zero-order valence-corrected chi connectivity index (χ0v) is 10.1. The molecule has 0 bridgehead atoms. The number of aromatic nitrogens is 2. The van der Waals surface area contributed by atoms with Gasteiger partial charge in [0.25, 0.3) is 0 Å². The summed E-state index contributed by atoms with van der Waals surface area (Å²) in [7, 11) is 0. The van der Waals surface area contributed by atoms with Crippen LogP contribution in [0.2, 0.25) is 0 Å². The highest BCUT2D eigenvalue weighted by molar-refractivity contribution is 5.37. The molecule has 17 heavy (non-hydrogen) atoms. The molecule has 0 radical (unpaired) electrons. The molecule has 1 aromatic rings. The lowest BCUT2D eigenvalue weighted by Gasteiger charge is -2.26. The third-order valence-electron chi connectivity index (χ3n) is 3.07. The van der Waals surface area contributed by atoms with E-state index in [9.17, 15) is 8.78 Å². The van der Waals surface area contributed by atoms with Crippen LogP contribution in [0.5, 0.6) is 0 Å². The molecule has 0 atom stereocenters. The quantitative estimate of drug-likeness (QED) is 0.805. The molecule has 0 aromatic carbocycles. The average Bonchev–Trinajstić information content (AvgIpc) is 2.70. The summed E-state index contributed by atoms with van der Waals surface area (Å²) in [6.45, 7) is 4.79. The SMILES string of the molecule is CC1(C)ON(c2cnn(C(F)F)c2)OC1(C)C. The van der Waals surface area contributed by atoms with Crippen molar-refractivity contribution in [2.45, 2.75) is 45.4 Å². The maximum atomic E-state index is 12.4. The van der Waals surface area contributed by atoms with Gasteiger partial charge in [-0.25, -0.2) is 14.4 Å². The highest BCUT2D eigenvalue weighted by Crippen LogP contribution is 2.39. The van der Waals surface area contributed by atoms with Crippen molar-refractivity contribution < 1.29 is 18.5 Å². The first-order valence-electron chi connectivity index (χ1n) is 5.24. The van der Waals surface area contributed by atoms with Crippen LogP contribution in [0, 0.1) is 0 Å². The Morgan fingerprint density at radius 2 is 1.71 bits per heavy atom. The van der Waals surface area contributed by atoms with Crippen LogP contribution in [0.3, 0.4) is 0 Å². The molecule has 0 spiro atoms. The zero-order valence-electron chi connectivity index (χ0n) is 10.1. The lowest BCUT2D eigenvalue weighted by molar-refractivity contribution is -0.0275. The summed E-state index contributed by atoms with van der Waals surface area (Å²) in [5.41, 5.74) is -0.774. The van der Waals surface area contributed by atoms with Crippen molar-refractivity contribution in [1.29, 1.82) is 0 Å². The Labute approximate surface area is 97.8 Å². The predicted molar refractivity (Wildman–Crippen MR) is 56.3 cm³/mol. The first-order valence-corrected chi connectivity index (χ1v) is 5.24. The van der Waals surface area contributed by atoms with Crippen molar-refractivity contribution >= 4 is 5.69 Å². The van der Waals surface area contributed by atoms with Gasteiger partial charge in [0.05, 0.1) is 12.4 Å². The third kappa shape index (κ3) is 2.00. The van der Waals surface area contributed by atoms with Crippen LogP contribution in [-0.4, -0.2) is 21.0 Å². The molecule has 1 aromatic heterocycles. The van der Waals surface area contributed by atoms with Gasteiger partial charge < -0.3 is 0 Å². The molecule has 0 unspecified atom stereocenters. The van der Waals surface area contributed by atoms with E-state index in [4.69, 9.17) is 9.68 Å². The summed E-state index contributed by atoms with van der Waals surface area (Å²) in [4.78, 5) is 11.1. The Balaban J connectivity index is 2.20. The minimum Gasteiger partial charge on any atom is -0.239 e. The molecule has 96 valence electrons. The number of hydrogen-bond acceptors (Lipinski definition) is 4. The molecular weight excluding hydrogens is 232 g/mol. The fourth-order valence-corrected chi connectivity index (χ4v) is 1.29. The van der Waals surface area contributed by atoms with Crippen LogP contribution in [-0.2, 0) is 9.68 Å². The Morgan fingerprint density at radius 3 is 2.12 bits per heavy atom. The largest absolute Gasteiger partial charge is 0.333 e. The lowest BCUT2D eigenvalue weighted by Crippen LogP contribution is -2.41. The third-order valence-corrected chi connectivity index (χ3v) is 3.07. The van der Waals surface area contributed by atoms with E-state index in [1.807, 2.05) is 27.7 Å². The van der Waals surface area contributed by atoms with Crippen molar-refractivity contribution in [2.24, 2.45) is 0 Å². The molecule has 2 rings (SSSR count). The van der Waals surface area contributed by atoms with E-state index in [0.29, 0.717) is 10.4 Å². The van der Waals surface area contributed by atoms with Crippen LogP contribution < -0.4 is 5.23 Å². The van der Waals surface area contributed by atoms with Crippen LogP contribution in [0.15, 0.2) is 12.4 Å². The second-order valence-corrected chi connectivity index (χ2v) is 4.92. The van der Waals surface area contributed by atoms with Gasteiger partial charge in [-0.2, -0.15) is 13.9 Å². The van der Waals surface area contributed by atoms with E-state index in [0.717, 1.165) is 5.23 Å². The summed E-state index contributed by atoms with van der Waals surface area (Å²) >= 11 is 0. The first-order chi connectivity index (χ1) is 7.73. The molecule has 1 aliphatic rings. The van der Waals surface area contributed by atoms with Gasteiger partial charge >= 0.3 is 6.55 Å². The van der Waals surface area contributed by atoms with Crippen LogP contribution in [0.25, 0.3) is 0 Å². The van der Waals surface area contributed by atoms with Gasteiger partial charge in [0.1, 0.15) is 16.9 Å². The summed E-state index contributed by atoms with van der Waals surface area (Å²) in [6.07, 6.45) is 2.44. The highest BCUT2D eigenvalue weighted by Gasteiger charge is 2.50. The molecule has 1 aliphatic heterocycles. The number of halogens is 2. The monoisotopic (exact) mass is 247 g/mol. The van der Waals surface area contributed by atoms with Gasteiger partial charge in [0.15, 0.2) is 0 Å². The van der Waals surface area contributed by atoms with Crippen molar-refractivity contribution in [3.05, 3.63) is 12.4 Å². The molecule has 0 N–H and O–H groups in total. The molecular formula is C10H15F2N3O2. The number of anilines is 1. The van der Waals surface area contributed by atoms with Crippen molar-refractivity contribution in [3.8, 4) is 0 Å². The summed E-state index contributed by atoms with van der Waals surface area (Å²) < 4.78 is 25.3. The number of nitrogens with zero attached hydrogens (tertiary/aromatic N) is 3. The summed E-state index contributed by atoms with van der Waals surface area (Å²) in [5.74, 6) is 0. The molecule has 0 saturated carbocycles. The fourth-order valence-electron chi connectivity index (χ4n) is 1.29. The first kappa shape index (κ1) is 12.3. The molecule has 1 fully saturated rings. The van der Waals surface area contributed by atoms with E-state index in [1.54, 1.807) is 0 Å². The highest BCUT2D eigenvalue weighted by atomic mass is 19.3. The number of rotatable bonds is 2. The van der Waals surface area contributed by atoms with Crippen molar-refractivity contribution in [3.63, 3.8) is 0 Å². The lowest BCUT2D eigenvalue weighted by atomic mass is 9.90. The van der Waals surface area contributed by atoms with Gasteiger partial charge in [-0.3, -0.25) is 0 Å². The Kier molecular flexibility index (Phi) is 2.62. The maximum Gasteiger partial charge on any atom is 0.333 e. The fraction of sp³-hybridized carbons (Fsp3) is 0.700. The summed E-state index contributed by atoms with van der Waals surface area (Å²) in [5, 5.41) is 4.65. The van der Waals surface area contributed by atoms with Crippen molar-refractivity contribution in [2.75, 3.05) is 5.23 Å². The normalized spacial score (nSPS) is 22.4. The van der Waals surface area contributed by atoms with Gasteiger partial charge in [-0.1, -0.05) is 0 Å². The molecule has 5 nitrogen and oxygen atoms in total. The van der Waals surface area contributed by atoms with Gasteiger partial charge in [0.2, 0.25) is 0 Å². The zero-order chi connectivity index (χ0) is 12.8. The van der Waals surface area contributed by atoms with Crippen LogP contribution in [0.1, 0.15) is 34.2 Å². The Hall–Kier alpha value is -1.21. The predicted octanol–water partition coefficient (Wildman–Crippen LogP) is 2.52. The smallest absolute Gasteiger partial charge is 0.239 e. The Morgan fingerprint density at radius 1 is 1.18 bits per heavy atom. The molecule has 0 aliphatic carbocycles. The molecule has 7 heteroatoms. The average molecular weight is 247 g/mol.